The van der Waals surface area contributed by atoms with E-state index in [0.717, 1.165) is 10.6 Å². The average Bonchev–Trinajstić information content (AvgIpc) is 2.84. The first-order chi connectivity index (χ1) is 7.22. The quantitative estimate of drug-likeness (QED) is 0.765. The highest BCUT2D eigenvalue weighted by Gasteiger charge is 2.14. The van der Waals surface area contributed by atoms with Crippen LogP contribution in [0, 0.1) is 0 Å². The van der Waals surface area contributed by atoms with Gasteiger partial charge in [0, 0.05) is 0 Å². The summed E-state index contributed by atoms with van der Waals surface area (Å²) >= 11 is 1.58. The number of nitrogens with two attached hydrogens (primary N) is 1. The van der Waals surface area contributed by atoms with Crippen LogP contribution in [0.4, 0.5) is 5.82 Å². The first-order valence-corrected chi connectivity index (χ1v) is 5.21. The van der Waals surface area contributed by atoms with Gasteiger partial charge in [0.25, 0.3) is 0 Å². The van der Waals surface area contributed by atoms with E-state index in [2.05, 4.69) is 9.72 Å². The van der Waals surface area contributed by atoms with Crippen LogP contribution >= 0.6 is 11.3 Å². The highest BCUT2D eigenvalue weighted by molar-refractivity contribution is 7.13. The fourth-order valence-electron chi connectivity index (χ4n) is 1.31. The fourth-order valence-corrected chi connectivity index (χ4v) is 2.01. The minimum atomic E-state index is -0.424. The zero-order valence-electron chi connectivity index (χ0n) is 8.11. The first-order valence-electron chi connectivity index (χ1n) is 4.33. The van der Waals surface area contributed by atoms with Crippen LogP contribution in [-0.4, -0.2) is 18.1 Å². The second kappa shape index (κ2) is 3.78. The summed E-state index contributed by atoms with van der Waals surface area (Å²) in [5.41, 5.74) is 6.88. The summed E-state index contributed by atoms with van der Waals surface area (Å²) in [6.45, 7) is 0. The molecule has 0 atom stereocenters. The van der Waals surface area contributed by atoms with E-state index in [1.807, 2.05) is 17.5 Å². The molecule has 0 saturated carbocycles. The summed E-state index contributed by atoms with van der Waals surface area (Å²) in [5.74, 6) is -0.0863. The number of carbonyl (C=O) groups is 1. The number of nitrogen functional groups attached to an aromatic ring is 1. The number of aromatic nitrogens is 1. The molecule has 0 aliphatic rings. The van der Waals surface area contributed by atoms with Crippen molar-refractivity contribution in [3.63, 3.8) is 0 Å². The molecule has 0 fully saturated rings. The number of methoxy groups -OCH3 is 1. The molecule has 0 aliphatic heterocycles. The number of H-pyrrole nitrogens is 1. The number of hydrogen-bond acceptors (Lipinski definition) is 4. The molecule has 0 spiro atoms. The number of rotatable bonds is 2. The van der Waals surface area contributed by atoms with Crippen LogP contribution in [0.5, 0.6) is 0 Å². The molecule has 0 bridgehead atoms. The lowest BCUT2D eigenvalue weighted by atomic mass is 10.3. The maximum atomic E-state index is 11.3. The van der Waals surface area contributed by atoms with Gasteiger partial charge < -0.3 is 15.5 Å². The van der Waals surface area contributed by atoms with Crippen LogP contribution in [0.15, 0.2) is 23.6 Å². The molecule has 0 unspecified atom stereocenters. The van der Waals surface area contributed by atoms with E-state index in [-0.39, 0.29) is 0 Å². The molecular formula is C10H10N2O2S. The molecule has 2 aromatic heterocycles. The molecule has 4 nitrogen and oxygen atoms in total. The molecule has 2 rings (SSSR count). The van der Waals surface area contributed by atoms with Crippen LogP contribution in [0.2, 0.25) is 0 Å². The topological polar surface area (TPSA) is 68.1 Å². The summed E-state index contributed by atoms with van der Waals surface area (Å²) in [6, 6.07) is 5.60. The minimum absolute atomic E-state index is 0.338. The molecule has 5 heteroatoms. The Bertz CT molecular complexity index is 474. The van der Waals surface area contributed by atoms with Gasteiger partial charge in [-0.1, -0.05) is 6.07 Å². The Balaban J connectivity index is 2.41. The Morgan fingerprint density at radius 3 is 3.00 bits per heavy atom. The highest BCUT2D eigenvalue weighted by atomic mass is 32.1. The van der Waals surface area contributed by atoms with E-state index in [0.29, 0.717) is 11.4 Å². The van der Waals surface area contributed by atoms with E-state index < -0.39 is 5.97 Å². The van der Waals surface area contributed by atoms with Crippen molar-refractivity contribution >= 4 is 23.1 Å². The molecule has 2 heterocycles. The van der Waals surface area contributed by atoms with Crippen LogP contribution in [0.25, 0.3) is 10.6 Å². The number of ether oxygens (including phenoxy) is 1. The lowest BCUT2D eigenvalue weighted by Crippen LogP contribution is -2.02. The van der Waals surface area contributed by atoms with Gasteiger partial charge in [0.2, 0.25) is 0 Å². The van der Waals surface area contributed by atoms with E-state index in [9.17, 15) is 4.79 Å². The zero-order valence-corrected chi connectivity index (χ0v) is 8.93. The van der Waals surface area contributed by atoms with E-state index in [4.69, 9.17) is 5.73 Å². The SMILES string of the molecule is COC(=O)c1cc(-c2cccs2)[nH]c1N. The van der Waals surface area contributed by atoms with Crippen molar-refractivity contribution < 1.29 is 9.53 Å². The van der Waals surface area contributed by atoms with Crippen molar-refractivity contribution in [2.75, 3.05) is 12.8 Å². The molecule has 0 amide bonds. The lowest BCUT2D eigenvalue weighted by molar-refractivity contribution is 0.0602. The molecular weight excluding hydrogens is 212 g/mol. The molecule has 2 aromatic rings. The predicted molar refractivity (Wildman–Crippen MR) is 59.9 cm³/mol. The number of esters is 1. The molecule has 78 valence electrons. The molecule has 0 radical (unpaired) electrons. The number of anilines is 1. The molecule has 0 aromatic carbocycles. The van der Waals surface area contributed by atoms with Gasteiger partial charge in [-0.05, 0) is 17.5 Å². The third kappa shape index (κ3) is 1.73. The Morgan fingerprint density at radius 2 is 2.40 bits per heavy atom. The van der Waals surface area contributed by atoms with Crippen molar-refractivity contribution in [2.45, 2.75) is 0 Å². The minimum Gasteiger partial charge on any atom is -0.465 e. The van der Waals surface area contributed by atoms with Crippen molar-refractivity contribution in [1.82, 2.24) is 4.98 Å². The van der Waals surface area contributed by atoms with Gasteiger partial charge in [-0.2, -0.15) is 0 Å². The van der Waals surface area contributed by atoms with Gasteiger partial charge in [0.15, 0.2) is 0 Å². The summed E-state index contributed by atoms with van der Waals surface area (Å²) in [6.07, 6.45) is 0. The number of thiophene rings is 1. The summed E-state index contributed by atoms with van der Waals surface area (Å²) in [5, 5.41) is 1.96. The number of nitrogens with one attached hydrogen (secondary N) is 1. The second-order valence-electron chi connectivity index (χ2n) is 2.98. The van der Waals surface area contributed by atoms with E-state index in [1.54, 1.807) is 17.4 Å². The number of aromatic amines is 1. The first kappa shape index (κ1) is 9.79. The second-order valence-corrected chi connectivity index (χ2v) is 3.93. The Hall–Kier alpha value is -1.75. The number of hydrogen-bond donors (Lipinski definition) is 2. The third-order valence-electron chi connectivity index (χ3n) is 2.04. The van der Waals surface area contributed by atoms with Crippen molar-refractivity contribution in [2.24, 2.45) is 0 Å². The Labute approximate surface area is 90.7 Å². The van der Waals surface area contributed by atoms with Gasteiger partial charge in [0.05, 0.1) is 17.7 Å². The lowest BCUT2D eigenvalue weighted by Gasteiger charge is -1.94. The third-order valence-corrected chi connectivity index (χ3v) is 2.94. The monoisotopic (exact) mass is 222 g/mol. The standard InChI is InChI=1S/C10H10N2O2S/c1-14-10(13)6-5-7(12-9(6)11)8-3-2-4-15-8/h2-5,12H,11H2,1H3. The van der Waals surface area contributed by atoms with Crippen LogP contribution < -0.4 is 5.73 Å². The summed E-state index contributed by atoms with van der Waals surface area (Å²) in [7, 11) is 1.33. The normalized spacial score (nSPS) is 10.2. The smallest absolute Gasteiger partial charge is 0.341 e. The Kier molecular flexibility index (Phi) is 2.47. The molecule has 0 aliphatic carbocycles. The van der Waals surface area contributed by atoms with Gasteiger partial charge >= 0.3 is 5.97 Å². The van der Waals surface area contributed by atoms with Crippen molar-refractivity contribution in [1.29, 1.82) is 0 Å². The fraction of sp³-hybridized carbons (Fsp3) is 0.100. The van der Waals surface area contributed by atoms with E-state index >= 15 is 0 Å². The van der Waals surface area contributed by atoms with Crippen LogP contribution in [0.3, 0.4) is 0 Å². The molecule has 15 heavy (non-hydrogen) atoms. The Morgan fingerprint density at radius 1 is 1.60 bits per heavy atom. The largest absolute Gasteiger partial charge is 0.465 e. The van der Waals surface area contributed by atoms with Gasteiger partial charge in [-0.3, -0.25) is 0 Å². The van der Waals surface area contributed by atoms with Gasteiger partial charge in [-0.25, -0.2) is 4.79 Å². The van der Waals surface area contributed by atoms with Crippen LogP contribution in [0.1, 0.15) is 10.4 Å². The number of carbonyl (C=O) groups excluding carboxylic acids is 1. The molecule has 0 saturated heterocycles. The van der Waals surface area contributed by atoms with Crippen molar-refractivity contribution in [3.8, 4) is 10.6 Å². The van der Waals surface area contributed by atoms with Crippen molar-refractivity contribution in [3.05, 3.63) is 29.1 Å². The maximum absolute atomic E-state index is 11.3. The zero-order chi connectivity index (χ0) is 10.8. The average molecular weight is 222 g/mol. The summed E-state index contributed by atoms with van der Waals surface area (Å²) in [4.78, 5) is 15.3. The molecule has 3 N–H and O–H groups in total. The van der Waals surface area contributed by atoms with Gasteiger partial charge in [-0.15, -0.1) is 11.3 Å². The van der Waals surface area contributed by atoms with Crippen LogP contribution in [-0.2, 0) is 4.74 Å². The summed E-state index contributed by atoms with van der Waals surface area (Å²) < 4.78 is 4.61. The van der Waals surface area contributed by atoms with E-state index in [1.165, 1.54) is 7.11 Å². The highest BCUT2D eigenvalue weighted by Crippen LogP contribution is 2.27. The maximum Gasteiger partial charge on any atom is 0.341 e. The predicted octanol–water partition coefficient (Wildman–Crippen LogP) is 2.11. The van der Waals surface area contributed by atoms with Gasteiger partial charge in [0.1, 0.15) is 11.4 Å².